The van der Waals surface area contributed by atoms with Crippen molar-refractivity contribution in [1.29, 1.82) is 0 Å². The second kappa shape index (κ2) is 12.5. The number of fused-ring (bicyclic) bond motifs is 1. The Labute approximate surface area is 241 Å². The minimum atomic E-state index is -0.931. The number of nitrogens with one attached hydrogen (secondary N) is 1. The van der Waals surface area contributed by atoms with Crippen LogP contribution in [0, 0.1) is 12.8 Å². The van der Waals surface area contributed by atoms with Crippen molar-refractivity contribution < 1.29 is 14.7 Å². The van der Waals surface area contributed by atoms with E-state index in [9.17, 15) is 9.59 Å². The number of hydrogen-bond donors (Lipinski definition) is 2. The number of hydrogen-bond acceptors (Lipinski definition) is 3. The molecule has 0 aliphatic heterocycles. The molecule has 1 amide bonds. The summed E-state index contributed by atoms with van der Waals surface area (Å²) in [6.07, 6.45) is 1.98. The van der Waals surface area contributed by atoms with Crippen LogP contribution in [0.15, 0.2) is 70.5 Å². The number of carbonyl (C=O) groups is 2. The highest BCUT2D eigenvalue weighted by molar-refractivity contribution is 9.10. The van der Waals surface area contributed by atoms with E-state index in [0.29, 0.717) is 10.6 Å². The third kappa shape index (κ3) is 6.31. The molecule has 4 rings (SSSR count). The van der Waals surface area contributed by atoms with Crippen molar-refractivity contribution >= 4 is 60.8 Å². The Morgan fingerprint density at radius 2 is 1.71 bits per heavy atom. The van der Waals surface area contributed by atoms with Gasteiger partial charge in [0.25, 0.3) is 5.91 Å². The van der Waals surface area contributed by atoms with Crippen molar-refractivity contribution in [3.05, 3.63) is 103 Å². The molecule has 0 saturated heterocycles. The van der Waals surface area contributed by atoms with Crippen molar-refractivity contribution in [1.82, 2.24) is 5.32 Å². The molecule has 0 saturated carbocycles. The lowest BCUT2D eigenvalue weighted by Gasteiger charge is -2.29. The predicted molar refractivity (Wildman–Crippen MR) is 161 cm³/mol. The van der Waals surface area contributed by atoms with Crippen LogP contribution in [-0.2, 0) is 4.79 Å². The Kier molecular flexibility index (Phi) is 9.29. The van der Waals surface area contributed by atoms with Crippen LogP contribution in [-0.4, -0.2) is 23.5 Å². The number of halogens is 2. The van der Waals surface area contributed by atoms with Crippen LogP contribution >= 0.6 is 38.9 Å². The monoisotopic (exact) mass is 611 g/mol. The number of rotatable bonds is 10. The third-order valence-electron chi connectivity index (χ3n) is 6.96. The SMILES string of the molecule is CCC[C@H](c1ccc(C(=O)NCC(C)C(=O)O)cc1)C(c1ccc(Cl)cc1)c1csc2c(Br)cc(C)cc12. The molecule has 7 heteroatoms. The van der Waals surface area contributed by atoms with E-state index in [-0.39, 0.29) is 24.3 Å². The number of amides is 1. The molecule has 3 atom stereocenters. The van der Waals surface area contributed by atoms with Gasteiger partial charge >= 0.3 is 5.97 Å². The van der Waals surface area contributed by atoms with Gasteiger partial charge in [-0.3, -0.25) is 9.59 Å². The first-order chi connectivity index (χ1) is 18.2. The van der Waals surface area contributed by atoms with Gasteiger partial charge in [0.2, 0.25) is 0 Å². The van der Waals surface area contributed by atoms with E-state index in [1.807, 2.05) is 36.4 Å². The van der Waals surface area contributed by atoms with Crippen LogP contribution < -0.4 is 5.32 Å². The third-order valence-corrected chi connectivity index (χ3v) is 9.15. The number of aryl methyl sites for hydroxylation is 1. The van der Waals surface area contributed by atoms with Gasteiger partial charge in [-0.25, -0.2) is 0 Å². The molecule has 2 unspecified atom stereocenters. The average Bonchev–Trinajstić information content (AvgIpc) is 3.31. The molecule has 38 heavy (non-hydrogen) atoms. The van der Waals surface area contributed by atoms with E-state index in [1.54, 1.807) is 18.3 Å². The zero-order valence-electron chi connectivity index (χ0n) is 21.6. The number of benzene rings is 3. The fraction of sp³-hybridized carbons (Fsp3) is 0.290. The highest BCUT2D eigenvalue weighted by atomic mass is 79.9. The molecule has 0 fully saturated rings. The molecule has 0 bridgehead atoms. The molecule has 198 valence electrons. The molecule has 0 radical (unpaired) electrons. The summed E-state index contributed by atoms with van der Waals surface area (Å²) in [6, 6.07) is 20.3. The Balaban J connectivity index is 1.74. The normalized spacial score (nSPS) is 13.7. The summed E-state index contributed by atoms with van der Waals surface area (Å²) in [4.78, 5) is 23.7. The summed E-state index contributed by atoms with van der Waals surface area (Å²) in [6.45, 7) is 5.98. The molecule has 3 aromatic carbocycles. The number of carboxylic acid groups (broad SMARTS) is 1. The van der Waals surface area contributed by atoms with E-state index >= 15 is 0 Å². The number of carbonyl (C=O) groups excluding carboxylic acids is 1. The Morgan fingerprint density at radius 3 is 2.34 bits per heavy atom. The number of carboxylic acids is 1. The molecule has 0 aliphatic carbocycles. The van der Waals surface area contributed by atoms with E-state index in [2.05, 4.69) is 64.7 Å². The van der Waals surface area contributed by atoms with E-state index < -0.39 is 11.9 Å². The van der Waals surface area contributed by atoms with Crippen LogP contribution in [0.25, 0.3) is 10.1 Å². The maximum absolute atomic E-state index is 12.6. The van der Waals surface area contributed by atoms with Crippen molar-refractivity contribution in [2.75, 3.05) is 6.54 Å². The van der Waals surface area contributed by atoms with Gasteiger partial charge in [-0.05, 0) is 98.5 Å². The summed E-state index contributed by atoms with van der Waals surface area (Å²) < 4.78 is 2.35. The van der Waals surface area contributed by atoms with Gasteiger partial charge < -0.3 is 10.4 Å². The van der Waals surface area contributed by atoms with Crippen molar-refractivity contribution in [2.45, 2.75) is 45.4 Å². The topological polar surface area (TPSA) is 66.4 Å². The second-order valence-electron chi connectivity index (χ2n) is 9.81. The van der Waals surface area contributed by atoms with E-state index in [4.69, 9.17) is 16.7 Å². The van der Waals surface area contributed by atoms with Crippen molar-refractivity contribution in [2.24, 2.45) is 5.92 Å². The van der Waals surface area contributed by atoms with Crippen LogP contribution in [0.4, 0.5) is 0 Å². The van der Waals surface area contributed by atoms with Crippen LogP contribution in [0.5, 0.6) is 0 Å². The number of aliphatic carboxylic acids is 1. The van der Waals surface area contributed by atoms with Gasteiger partial charge in [-0.2, -0.15) is 0 Å². The van der Waals surface area contributed by atoms with Crippen LogP contribution in [0.3, 0.4) is 0 Å². The van der Waals surface area contributed by atoms with Gasteiger partial charge in [0.15, 0.2) is 0 Å². The van der Waals surface area contributed by atoms with Gasteiger partial charge in [0, 0.05) is 32.2 Å². The lowest BCUT2D eigenvalue weighted by molar-refractivity contribution is -0.140. The Bertz CT molecular complexity index is 1430. The zero-order valence-corrected chi connectivity index (χ0v) is 24.8. The average molecular weight is 613 g/mol. The smallest absolute Gasteiger partial charge is 0.308 e. The van der Waals surface area contributed by atoms with Crippen LogP contribution in [0.1, 0.15) is 71.1 Å². The van der Waals surface area contributed by atoms with Gasteiger partial charge in [0.1, 0.15) is 0 Å². The second-order valence-corrected chi connectivity index (χ2v) is 12.0. The minimum absolute atomic E-state index is 0.0905. The molecule has 2 N–H and O–H groups in total. The standard InChI is InChI=1S/C31H31BrClNO3S/c1-4-5-24(20-6-8-22(9-7-20)30(35)34-16-19(3)31(36)37)28(21-10-12-23(33)13-11-21)26-17-38-29-25(26)14-18(2)15-27(29)32/h6-15,17,19,24,28H,4-5,16H2,1-3H3,(H,34,35)(H,36,37)/t19?,24-,28?/m1/s1. The lowest BCUT2D eigenvalue weighted by Crippen LogP contribution is -2.31. The Hall–Kier alpha value is -2.67. The van der Waals surface area contributed by atoms with Crippen molar-refractivity contribution in [3.63, 3.8) is 0 Å². The molecule has 0 spiro atoms. The first-order valence-corrected chi connectivity index (χ1v) is 14.8. The zero-order chi connectivity index (χ0) is 27.4. The lowest BCUT2D eigenvalue weighted by atomic mass is 9.75. The molecular weight excluding hydrogens is 582 g/mol. The highest BCUT2D eigenvalue weighted by Gasteiger charge is 2.29. The first kappa shape index (κ1) is 28.3. The molecule has 0 aliphatic rings. The largest absolute Gasteiger partial charge is 0.481 e. The fourth-order valence-corrected chi connectivity index (χ4v) is 6.92. The molecule has 1 heterocycles. The molecule has 4 nitrogen and oxygen atoms in total. The molecule has 4 aromatic rings. The van der Waals surface area contributed by atoms with Crippen molar-refractivity contribution in [3.8, 4) is 0 Å². The first-order valence-electron chi connectivity index (χ1n) is 12.7. The van der Waals surface area contributed by atoms with Crippen LogP contribution in [0.2, 0.25) is 5.02 Å². The van der Waals surface area contributed by atoms with Gasteiger partial charge in [0.05, 0.1) is 5.92 Å². The van der Waals surface area contributed by atoms with Gasteiger partial charge in [-0.1, -0.05) is 62.2 Å². The molecule has 1 aromatic heterocycles. The fourth-order valence-electron chi connectivity index (χ4n) is 4.94. The van der Waals surface area contributed by atoms with E-state index in [1.165, 1.54) is 26.8 Å². The predicted octanol–water partition coefficient (Wildman–Crippen LogP) is 8.79. The quantitative estimate of drug-likeness (QED) is 0.188. The summed E-state index contributed by atoms with van der Waals surface area (Å²) in [5, 5.41) is 16.1. The summed E-state index contributed by atoms with van der Waals surface area (Å²) in [5.41, 5.74) is 5.38. The Morgan fingerprint density at radius 1 is 1.05 bits per heavy atom. The summed E-state index contributed by atoms with van der Waals surface area (Å²) >= 11 is 11.8. The minimum Gasteiger partial charge on any atom is -0.481 e. The van der Waals surface area contributed by atoms with E-state index in [0.717, 1.165) is 22.9 Å². The number of thiophene rings is 1. The molecular formula is C31H31BrClNO3S. The summed E-state index contributed by atoms with van der Waals surface area (Å²) in [5.74, 6) is -1.56. The maximum atomic E-state index is 12.6. The highest BCUT2D eigenvalue weighted by Crippen LogP contribution is 2.47. The van der Waals surface area contributed by atoms with Gasteiger partial charge in [-0.15, -0.1) is 11.3 Å². The maximum Gasteiger partial charge on any atom is 0.308 e. The summed E-state index contributed by atoms with van der Waals surface area (Å²) in [7, 11) is 0.